The highest BCUT2D eigenvalue weighted by molar-refractivity contribution is 7.57. The Morgan fingerprint density at radius 3 is 1.11 bits per heavy atom. The number of rotatable bonds is 12. The molecule has 0 unspecified atom stereocenters. The van der Waals surface area contributed by atoms with Gasteiger partial charge in [0.1, 0.15) is 0 Å². The first-order valence-electron chi connectivity index (χ1n) is 6.49. The molecular formula is C12H24N3O3P. The van der Waals surface area contributed by atoms with E-state index in [-0.39, 0.29) is 25.6 Å². The van der Waals surface area contributed by atoms with E-state index in [1.54, 1.807) is 0 Å². The molecule has 0 atom stereocenters. The first kappa shape index (κ1) is 17.8. The van der Waals surface area contributed by atoms with Crippen LogP contribution in [-0.4, -0.2) is 36.2 Å². The standard InChI is InChI=1S/C12H24N3O3P/c13-10(16)4-1-7-19(8-2-5-11(14)17)9-3-6-12(15)18/h1-9H2,(H2,13,16)(H2,14,17)(H2,15,18). The van der Waals surface area contributed by atoms with Crippen molar-refractivity contribution in [3.05, 3.63) is 0 Å². The monoisotopic (exact) mass is 289 g/mol. The summed E-state index contributed by atoms with van der Waals surface area (Å²) >= 11 is 0. The zero-order chi connectivity index (χ0) is 14.7. The van der Waals surface area contributed by atoms with Crippen molar-refractivity contribution in [2.45, 2.75) is 38.5 Å². The van der Waals surface area contributed by atoms with Crippen LogP contribution in [0.5, 0.6) is 0 Å². The van der Waals surface area contributed by atoms with Crippen LogP contribution < -0.4 is 17.2 Å². The van der Waals surface area contributed by atoms with Gasteiger partial charge in [0.15, 0.2) is 0 Å². The smallest absolute Gasteiger partial charge is 0.217 e. The van der Waals surface area contributed by atoms with E-state index in [1.165, 1.54) is 0 Å². The second-order valence-corrected chi connectivity index (χ2v) is 7.23. The molecule has 0 aromatic heterocycles. The molecule has 0 fully saturated rings. The summed E-state index contributed by atoms with van der Waals surface area (Å²) in [6.45, 7) is 0. The normalized spacial score (nSPS) is 10.6. The maximum atomic E-state index is 10.7. The van der Waals surface area contributed by atoms with Crippen molar-refractivity contribution in [3.63, 3.8) is 0 Å². The van der Waals surface area contributed by atoms with Crippen molar-refractivity contribution in [2.75, 3.05) is 18.5 Å². The molecule has 7 heteroatoms. The van der Waals surface area contributed by atoms with E-state index in [4.69, 9.17) is 17.2 Å². The predicted molar refractivity (Wildman–Crippen MR) is 76.8 cm³/mol. The highest BCUT2D eigenvalue weighted by Gasteiger charge is 2.10. The molecule has 0 aliphatic heterocycles. The second-order valence-electron chi connectivity index (χ2n) is 4.55. The molecular weight excluding hydrogens is 265 g/mol. The lowest BCUT2D eigenvalue weighted by Crippen LogP contribution is -2.13. The van der Waals surface area contributed by atoms with Gasteiger partial charge in [-0.3, -0.25) is 14.4 Å². The Balaban J connectivity index is 3.94. The molecule has 0 heterocycles. The number of carbonyl (C=O) groups excluding carboxylic acids is 3. The molecule has 0 bridgehead atoms. The van der Waals surface area contributed by atoms with Crippen molar-refractivity contribution in [3.8, 4) is 0 Å². The SMILES string of the molecule is NC(=O)CCCP(CCCC(N)=O)CCCC(N)=O. The summed E-state index contributed by atoms with van der Waals surface area (Å²) in [5, 5.41) is 0. The molecule has 110 valence electrons. The summed E-state index contributed by atoms with van der Waals surface area (Å²) in [5.74, 6) is -0.863. The van der Waals surface area contributed by atoms with Gasteiger partial charge in [0, 0.05) is 19.3 Å². The van der Waals surface area contributed by atoms with Crippen LogP contribution in [0.2, 0.25) is 0 Å². The topological polar surface area (TPSA) is 129 Å². The van der Waals surface area contributed by atoms with Gasteiger partial charge in [0.25, 0.3) is 0 Å². The lowest BCUT2D eigenvalue weighted by atomic mass is 10.3. The molecule has 0 aromatic rings. The highest BCUT2D eigenvalue weighted by atomic mass is 31.1. The maximum absolute atomic E-state index is 10.7. The van der Waals surface area contributed by atoms with Crippen LogP contribution in [-0.2, 0) is 14.4 Å². The van der Waals surface area contributed by atoms with Crippen LogP contribution in [0.15, 0.2) is 0 Å². The van der Waals surface area contributed by atoms with Gasteiger partial charge < -0.3 is 17.2 Å². The number of amides is 3. The zero-order valence-electron chi connectivity index (χ0n) is 11.3. The lowest BCUT2D eigenvalue weighted by molar-refractivity contribution is -0.118. The summed E-state index contributed by atoms with van der Waals surface area (Å²) in [6, 6.07) is 0. The van der Waals surface area contributed by atoms with Gasteiger partial charge >= 0.3 is 0 Å². The van der Waals surface area contributed by atoms with Crippen molar-refractivity contribution < 1.29 is 14.4 Å². The largest absolute Gasteiger partial charge is 0.370 e. The van der Waals surface area contributed by atoms with Crippen LogP contribution in [0.3, 0.4) is 0 Å². The van der Waals surface area contributed by atoms with Gasteiger partial charge in [-0.15, -0.1) is 7.92 Å². The fraction of sp³-hybridized carbons (Fsp3) is 0.750. The molecule has 0 saturated heterocycles. The van der Waals surface area contributed by atoms with Crippen LogP contribution in [0.1, 0.15) is 38.5 Å². The first-order chi connectivity index (χ1) is 8.91. The molecule has 3 amide bonds. The quantitative estimate of drug-likeness (QED) is 0.446. The number of nitrogens with two attached hydrogens (primary N) is 3. The van der Waals surface area contributed by atoms with E-state index in [0.717, 1.165) is 37.7 Å². The minimum absolute atomic E-state index is 0.276. The van der Waals surface area contributed by atoms with E-state index < -0.39 is 0 Å². The highest BCUT2D eigenvalue weighted by Crippen LogP contribution is 2.38. The summed E-state index contributed by atoms with van der Waals surface area (Å²) in [5.41, 5.74) is 15.3. The lowest BCUT2D eigenvalue weighted by Gasteiger charge is -2.16. The number of hydrogen-bond acceptors (Lipinski definition) is 3. The van der Waals surface area contributed by atoms with Crippen molar-refractivity contribution in [1.29, 1.82) is 0 Å². The van der Waals surface area contributed by atoms with E-state index >= 15 is 0 Å². The average Bonchev–Trinajstić information content (AvgIpc) is 2.26. The molecule has 0 spiro atoms. The number of primary amides is 3. The Labute approximate surface area is 115 Å². The molecule has 0 saturated carbocycles. The average molecular weight is 289 g/mol. The van der Waals surface area contributed by atoms with Gasteiger partial charge in [0.05, 0.1) is 0 Å². The van der Waals surface area contributed by atoms with Gasteiger partial charge in [-0.05, 0) is 37.7 Å². The van der Waals surface area contributed by atoms with Crippen LogP contribution >= 0.6 is 7.92 Å². The fourth-order valence-corrected chi connectivity index (χ4v) is 4.25. The molecule has 0 aromatic carbocycles. The van der Waals surface area contributed by atoms with Gasteiger partial charge in [0.2, 0.25) is 17.7 Å². The van der Waals surface area contributed by atoms with Gasteiger partial charge in [-0.25, -0.2) is 0 Å². The van der Waals surface area contributed by atoms with E-state index in [2.05, 4.69) is 0 Å². The molecule has 0 rings (SSSR count). The Hall–Kier alpha value is -1.16. The van der Waals surface area contributed by atoms with Gasteiger partial charge in [-0.1, -0.05) is 0 Å². The Morgan fingerprint density at radius 2 is 0.895 bits per heavy atom. The Bertz CT molecular complexity index is 263. The molecule has 0 aliphatic carbocycles. The summed E-state index contributed by atoms with van der Waals surface area (Å²) in [4.78, 5) is 32.1. The van der Waals surface area contributed by atoms with Crippen LogP contribution in [0, 0.1) is 0 Å². The minimum Gasteiger partial charge on any atom is -0.370 e. The van der Waals surface area contributed by atoms with Gasteiger partial charge in [-0.2, -0.15) is 0 Å². The fourth-order valence-electron chi connectivity index (χ4n) is 1.77. The van der Waals surface area contributed by atoms with Crippen LogP contribution in [0.25, 0.3) is 0 Å². The summed E-state index contributed by atoms with van der Waals surface area (Å²) in [6.07, 6.45) is 6.32. The Morgan fingerprint density at radius 1 is 0.632 bits per heavy atom. The third kappa shape index (κ3) is 13.1. The van der Waals surface area contributed by atoms with E-state index in [0.29, 0.717) is 19.3 Å². The third-order valence-corrected chi connectivity index (χ3v) is 5.54. The number of carbonyl (C=O) groups is 3. The first-order valence-corrected chi connectivity index (χ1v) is 8.39. The maximum Gasteiger partial charge on any atom is 0.217 e. The summed E-state index contributed by atoms with van der Waals surface area (Å²) in [7, 11) is -0.276. The second kappa shape index (κ2) is 10.7. The van der Waals surface area contributed by atoms with E-state index in [9.17, 15) is 14.4 Å². The third-order valence-electron chi connectivity index (χ3n) is 2.69. The van der Waals surface area contributed by atoms with Crippen molar-refractivity contribution in [1.82, 2.24) is 0 Å². The van der Waals surface area contributed by atoms with Crippen LogP contribution in [0.4, 0.5) is 0 Å². The summed E-state index contributed by atoms with van der Waals surface area (Å²) < 4.78 is 0. The molecule has 19 heavy (non-hydrogen) atoms. The minimum atomic E-state index is -0.288. The molecule has 6 nitrogen and oxygen atoms in total. The Kier molecular flexibility index (Phi) is 10.1. The van der Waals surface area contributed by atoms with E-state index in [1.807, 2.05) is 0 Å². The number of hydrogen-bond donors (Lipinski definition) is 3. The molecule has 6 N–H and O–H groups in total. The molecule has 0 radical (unpaired) electrons. The predicted octanol–water partition coefficient (Wildman–Crippen LogP) is 0.265. The zero-order valence-corrected chi connectivity index (χ0v) is 12.2. The van der Waals surface area contributed by atoms with Crippen molar-refractivity contribution >= 4 is 25.6 Å². The van der Waals surface area contributed by atoms with Crippen molar-refractivity contribution in [2.24, 2.45) is 17.2 Å². The molecule has 0 aliphatic rings.